The van der Waals surface area contributed by atoms with Crippen LogP contribution >= 0.6 is 23.5 Å². The smallest absolute Gasteiger partial charge is 0.490 e. The number of nitrogens with one attached hydrogen (secondary N) is 3. The Morgan fingerprint density at radius 1 is 0.896 bits per heavy atom. The van der Waals surface area contributed by atoms with Crippen LogP contribution in [0.1, 0.15) is 86.7 Å². The second kappa shape index (κ2) is 36.2. The standard InChI is InChI=1S/C62H77N16O23P3S2/c1-61(2)45-17-8-9-18-47(45)76(27-10-11-31-105(89,90)91)51(61)19-6-5-7-20-52-62(3,4)46-33-44(106(66,92)93)21-22-48(46)77(52)28-23-53(79)68-25-26-69-60(81)41-14-12-16-43(32-41)96-38-55(73-75-65)95-30-29-94-37-54(80)67-24-13-15-42-35-78(59-57(42)58(63)70-39-71-59)56-34-49(97-40-72-74-64)50(99-56)36-98-103(85,86)101-104(87,88)100-102(82,83)84/h5-9,12,14,16-22,32-33,35,39,49-50,55-56H,10-11,23-31,34,36-38,40H2,1-4H3,(H11-,63,66,67,68,69,70,71,79,80,81,82,83,84,85,86,87,88,89,90,91,92,93)/p+1/t49?,50-,55?,56-/m1/s1. The number of carbonyl (C=O) groups excluding carboxylic acids is 3. The van der Waals surface area contributed by atoms with Gasteiger partial charge in [0.2, 0.25) is 27.5 Å². The molecule has 0 spiro atoms. The van der Waals surface area contributed by atoms with E-state index in [9.17, 15) is 64.8 Å². The minimum Gasteiger partial charge on any atom is -0.491 e. The maximum atomic E-state index is 13.4. The number of nitrogens with two attached hydrogens (primary N) is 2. The molecule has 3 amide bonds. The lowest BCUT2D eigenvalue weighted by molar-refractivity contribution is -0.438. The lowest BCUT2D eigenvalue weighted by Gasteiger charge is -2.27. The number of amides is 3. The molecule has 2 aromatic heterocycles. The van der Waals surface area contributed by atoms with Gasteiger partial charge in [-0.15, -0.1) is 0 Å². The first-order valence-electron chi connectivity index (χ1n) is 32.1. The van der Waals surface area contributed by atoms with Gasteiger partial charge in [0.25, 0.3) is 16.0 Å². The lowest BCUT2D eigenvalue weighted by atomic mass is 9.81. The second-order valence-corrected chi connectivity index (χ2v) is 32.1. The van der Waals surface area contributed by atoms with Gasteiger partial charge in [0.15, 0.2) is 11.9 Å². The molecule has 39 nitrogen and oxygen atoms in total. The number of para-hydroxylation sites is 1. The molecule has 6 atom stereocenters. The molecule has 0 radical (unpaired) electrons. The normalized spacial score (nSPS) is 18.6. The maximum Gasteiger partial charge on any atom is 0.490 e. The van der Waals surface area contributed by atoms with Gasteiger partial charge in [-0.05, 0) is 79.4 Å². The van der Waals surface area contributed by atoms with Gasteiger partial charge in [-0.1, -0.05) is 78.4 Å². The number of nitrogens with zero attached hydrogens (tertiary/aromatic N) is 11. The van der Waals surface area contributed by atoms with Crippen molar-refractivity contribution in [2.75, 3.05) is 88.9 Å². The van der Waals surface area contributed by atoms with Crippen LogP contribution in [0.5, 0.6) is 5.75 Å². The topological polar surface area (TPSA) is 568 Å². The van der Waals surface area contributed by atoms with Crippen molar-refractivity contribution in [3.05, 3.63) is 158 Å². The van der Waals surface area contributed by atoms with Crippen LogP contribution in [0, 0.1) is 11.8 Å². The predicted molar refractivity (Wildman–Crippen MR) is 380 cm³/mol. The van der Waals surface area contributed by atoms with Gasteiger partial charge in [-0.3, -0.25) is 23.5 Å². The first kappa shape index (κ1) is 82.9. The number of ether oxygens (including phenoxy) is 5. The van der Waals surface area contributed by atoms with Crippen molar-refractivity contribution in [2.24, 2.45) is 15.4 Å². The zero-order valence-corrected chi connectivity index (χ0v) is 61.6. The number of fused-ring (bicyclic) bond motifs is 3. The number of primary sulfonamides is 1. The number of carbonyl (C=O) groups is 3. The molecule has 0 bridgehead atoms. The number of unbranched alkanes of at least 4 members (excludes halogenated alkanes) is 1. The van der Waals surface area contributed by atoms with Crippen LogP contribution in [-0.4, -0.2) is 180 Å². The Bertz CT molecular complexity index is 4800. The number of nitrogen functional groups attached to an aromatic ring is 1. The van der Waals surface area contributed by atoms with Crippen LogP contribution in [0.15, 0.2) is 130 Å². The van der Waals surface area contributed by atoms with Crippen LogP contribution in [-0.2, 0) is 86.3 Å². The van der Waals surface area contributed by atoms with Crippen molar-refractivity contribution in [2.45, 2.75) is 93.8 Å². The highest BCUT2D eigenvalue weighted by molar-refractivity contribution is 7.89. The Hall–Kier alpha value is -8.77. The zero-order chi connectivity index (χ0) is 77.3. The monoisotopic (exact) mass is 1570 g/mol. The molecule has 4 unspecified atom stereocenters. The minimum atomic E-state index is -5.84. The van der Waals surface area contributed by atoms with Gasteiger partial charge >= 0.3 is 23.5 Å². The summed E-state index contributed by atoms with van der Waals surface area (Å²) in [5.74, 6) is 4.15. The van der Waals surface area contributed by atoms with Gasteiger partial charge in [-0.25, -0.2) is 37.2 Å². The van der Waals surface area contributed by atoms with E-state index in [1.165, 1.54) is 29.0 Å². The van der Waals surface area contributed by atoms with Crippen molar-refractivity contribution >= 4 is 95.3 Å². The molecule has 5 heterocycles. The second-order valence-electron chi connectivity index (χ2n) is 24.5. The van der Waals surface area contributed by atoms with E-state index in [-0.39, 0.29) is 121 Å². The molecule has 3 aliphatic heterocycles. The number of rotatable bonds is 38. The average Bonchev–Trinajstić information content (AvgIpc) is 1.52. The third-order valence-electron chi connectivity index (χ3n) is 16.4. The zero-order valence-electron chi connectivity index (χ0n) is 57.3. The first-order valence-corrected chi connectivity index (χ1v) is 39.8. The van der Waals surface area contributed by atoms with Crippen LogP contribution in [0.25, 0.3) is 31.9 Å². The number of hydrogen-bond donors (Lipinski definition) is 10. The van der Waals surface area contributed by atoms with Gasteiger partial charge in [0.05, 0.1) is 59.5 Å². The lowest BCUT2D eigenvalue weighted by Crippen LogP contribution is -2.36. The first-order chi connectivity index (χ1) is 50.0. The summed E-state index contributed by atoms with van der Waals surface area (Å²) >= 11 is 0. The Labute approximate surface area is 607 Å². The molecule has 1 saturated heterocycles. The summed E-state index contributed by atoms with van der Waals surface area (Å²) in [7, 11) is -25.2. The molecule has 44 heteroatoms. The highest BCUT2D eigenvalue weighted by atomic mass is 32.2. The number of allylic oxidation sites excluding steroid dienone is 6. The van der Waals surface area contributed by atoms with Crippen LogP contribution in [0.4, 0.5) is 17.2 Å². The molecule has 3 aliphatic rings. The Morgan fingerprint density at radius 3 is 2.40 bits per heavy atom. The SMILES string of the molecule is CC1(C)C(/C=C/C=C/C=C2\N(CCC(=O)NCCNC(=O)c3cccc(OCC(N=[N+]=[N-])OCCOCC(=O)NCC#Cc4cn([C@H]5CC(OCN=[N+]=[N-])[C@@H](COP(=O)(O)OP(=O)(O)OP(=O)(O)O)O5)c5ncnc(N)c45)c3)c3ccc(S(N)(=O)=O)cc3C2(C)C)=[N+](CCCCS(=O)(=O)O)c2ccccc21. The molecule has 8 rings (SSSR count). The van der Waals surface area contributed by atoms with Crippen molar-refractivity contribution in [3.63, 3.8) is 0 Å². The molecule has 3 aromatic carbocycles. The van der Waals surface area contributed by atoms with Gasteiger partial charge in [0.1, 0.15) is 62.4 Å². The maximum absolute atomic E-state index is 13.4. The van der Waals surface area contributed by atoms with Crippen molar-refractivity contribution in [3.8, 4) is 17.6 Å². The van der Waals surface area contributed by atoms with E-state index in [2.05, 4.69) is 90.9 Å². The van der Waals surface area contributed by atoms with Crippen molar-refractivity contribution < 1.29 is 110 Å². The number of anilines is 2. The Kier molecular flexibility index (Phi) is 28.3. The summed E-state index contributed by atoms with van der Waals surface area (Å²) in [5, 5.41) is 20.9. The summed E-state index contributed by atoms with van der Waals surface area (Å²) in [6.45, 7) is 6.31. The van der Waals surface area contributed by atoms with E-state index >= 15 is 0 Å². The van der Waals surface area contributed by atoms with Crippen LogP contribution < -0.4 is 36.5 Å². The molecule has 106 heavy (non-hydrogen) atoms. The van der Waals surface area contributed by atoms with Crippen molar-refractivity contribution in [1.82, 2.24) is 30.5 Å². The fourth-order valence-corrected chi connectivity index (χ4v) is 15.8. The van der Waals surface area contributed by atoms with E-state index < -0.39 is 105 Å². The highest BCUT2D eigenvalue weighted by Crippen LogP contribution is 2.66. The minimum absolute atomic E-state index is 0.00670. The van der Waals surface area contributed by atoms with Gasteiger partial charge in [-0.2, -0.15) is 21.6 Å². The number of benzene rings is 3. The van der Waals surface area contributed by atoms with Gasteiger partial charge < -0.3 is 74.4 Å². The molecule has 12 N–H and O–H groups in total. The largest absolute Gasteiger partial charge is 0.491 e. The summed E-state index contributed by atoms with van der Waals surface area (Å²) < 4.78 is 137. The molecular formula is C62H78N16O23P3S2+. The Balaban J connectivity index is 0.773. The summed E-state index contributed by atoms with van der Waals surface area (Å²) in [5.41, 5.74) is 29.0. The molecule has 1 fully saturated rings. The number of hydrogen-bond acceptors (Lipinski definition) is 24. The Morgan fingerprint density at radius 2 is 1.66 bits per heavy atom. The van der Waals surface area contributed by atoms with Crippen molar-refractivity contribution in [1.29, 1.82) is 0 Å². The van der Waals surface area contributed by atoms with E-state index in [1.807, 2.05) is 67.3 Å². The third kappa shape index (κ3) is 23.1. The molecule has 5 aromatic rings. The fraction of sp³-hybridized carbons (Fsp3) is 0.419. The highest BCUT2D eigenvalue weighted by Gasteiger charge is 2.46. The fourth-order valence-electron chi connectivity index (χ4n) is 11.7. The predicted octanol–water partition coefficient (Wildman–Crippen LogP) is 5.94. The van der Waals surface area contributed by atoms with E-state index in [0.717, 1.165) is 29.0 Å². The number of phosphoric ester groups is 1. The summed E-state index contributed by atoms with van der Waals surface area (Å²) in [4.78, 5) is 92.2. The third-order valence-corrected chi connectivity index (χ3v) is 22.0. The van der Waals surface area contributed by atoms with Crippen LogP contribution in [0.2, 0.25) is 0 Å². The summed E-state index contributed by atoms with van der Waals surface area (Å²) in [6.07, 6.45) is 8.36. The average molecular weight is 1570 g/mol. The van der Waals surface area contributed by atoms with E-state index in [1.54, 1.807) is 24.3 Å². The molecular weight excluding hydrogens is 1490 g/mol. The number of aromatic nitrogens is 3. The van der Waals surface area contributed by atoms with E-state index in [0.29, 0.717) is 24.2 Å². The summed E-state index contributed by atoms with van der Waals surface area (Å²) in [6, 6.07) is 18.8. The quantitative estimate of drug-likeness (QED) is 0.00252. The molecule has 0 aliphatic carbocycles. The number of sulfonamides is 1. The van der Waals surface area contributed by atoms with Crippen LogP contribution in [0.3, 0.4) is 0 Å². The molecule has 0 saturated carbocycles. The van der Waals surface area contributed by atoms with E-state index in [4.69, 9.17) is 54.4 Å². The molecule has 570 valence electrons. The number of azide groups is 2. The van der Waals surface area contributed by atoms with Gasteiger partial charge in [0, 0.05) is 95.0 Å². The number of phosphoric acid groups is 3.